The largest absolute Gasteiger partial charge is 0.492 e. The Hall–Kier alpha value is -1.55. The van der Waals surface area contributed by atoms with E-state index < -0.39 is 0 Å². The fourth-order valence-electron chi connectivity index (χ4n) is 3.41. The highest BCUT2D eigenvalue weighted by Gasteiger charge is 2.34. The quantitative estimate of drug-likeness (QED) is 0.840. The average molecular weight is 318 g/mol. The molecule has 4 nitrogen and oxygen atoms in total. The summed E-state index contributed by atoms with van der Waals surface area (Å²) in [7, 11) is 0. The lowest BCUT2D eigenvalue weighted by molar-refractivity contribution is -0.119. The molecule has 0 aromatic heterocycles. The molecule has 0 spiro atoms. The molecule has 0 aliphatic carbocycles. The van der Waals surface area contributed by atoms with Crippen LogP contribution < -0.4 is 10.1 Å². The van der Waals surface area contributed by atoms with Gasteiger partial charge in [0.1, 0.15) is 12.4 Å². The molecule has 2 rings (SSSR count). The van der Waals surface area contributed by atoms with Gasteiger partial charge >= 0.3 is 0 Å². The molecule has 1 saturated heterocycles. The Morgan fingerprint density at radius 2 is 2.09 bits per heavy atom. The van der Waals surface area contributed by atoms with E-state index in [-0.39, 0.29) is 11.9 Å². The van der Waals surface area contributed by atoms with Crippen LogP contribution in [0.5, 0.6) is 5.75 Å². The van der Waals surface area contributed by atoms with Gasteiger partial charge in [-0.25, -0.2) is 0 Å². The highest BCUT2D eigenvalue weighted by atomic mass is 16.5. The van der Waals surface area contributed by atoms with Crippen molar-refractivity contribution >= 4 is 5.91 Å². The first-order valence-corrected chi connectivity index (χ1v) is 8.71. The molecule has 0 saturated carbocycles. The minimum atomic E-state index is 0.0654. The SMILES string of the molecule is CCc1ccccc1OCCN1C[C@@H](NC(C)=O)[C@H](C(C)C)C1. The highest BCUT2D eigenvalue weighted by molar-refractivity contribution is 5.73. The maximum Gasteiger partial charge on any atom is 0.217 e. The predicted molar refractivity (Wildman–Crippen MR) is 93.7 cm³/mol. The first-order valence-electron chi connectivity index (χ1n) is 8.71. The van der Waals surface area contributed by atoms with Gasteiger partial charge in [-0.15, -0.1) is 0 Å². The van der Waals surface area contributed by atoms with Gasteiger partial charge in [-0.05, 0) is 29.9 Å². The van der Waals surface area contributed by atoms with Crippen LogP contribution in [-0.4, -0.2) is 43.1 Å². The Balaban J connectivity index is 1.85. The summed E-state index contributed by atoms with van der Waals surface area (Å²) >= 11 is 0. The van der Waals surface area contributed by atoms with Crippen molar-refractivity contribution in [3.8, 4) is 5.75 Å². The van der Waals surface area contributed by atoms with Crippen LogP contribution in [0.25, 0.3) is 0 Å². The Bertz CT molecular complexity index is 516. The summed E-state index contributed by atoms with van der Waals surface area (Å²) in [6.45, 7) is 11.8. The minimum absolute atomic E-state index is 0.0654. The summed E-state index contributed by atoms with van der Waals surface area (Å²) in [5, 5.41) is 3.11. The molecule has 2 atom stereocenters. The van der Waals surface area contributed by atoms with Gasteiger partial charge in [0.25, 0.3) is 0 Å². The molecule has 1 fully saturated rings. The fraction of sp³-hybridized carbons (Fsp3) is 0.632. The molecule has 1 aliphatic rings. The molecule has 1 amide bonds. The van der Waals surface area contributed by atoms with Gasteiger partial charge < -0.3 is 10.1 Å². The fourth-order valence-corrected chi connectivity index (χ4v) is 3.41. The van der Waals surface area contributed by atoms with Crippen LogP contribution >= 0.6 is 0 Å². The topological polar surface area (TPSA) is 41.6 Å². The van der Waals surface area contributed by atoms with Gasteiger partial charge in [0.15, 0.2) is 0 Å². The van der Waals surface area contributed by atoms with Gasteiger partial charge in [-0.1, -0.05) is 39.0 Å². The van der Waals surface area contributed by atoms with Crippen molar-refractivity contribution in [3.63, 3.8) is 0 Å². The van der Waals surface area contributed by atoms with Crippen molar-refractivity contribution < 1.29 is 9.53 Å². The van der Waals surface area contributed by atoms with Gasteiger partial charge in [0.05, 0.1) is 0 Å². The van der Waals surface area contributed by atoms with Crippen LogP contribution in [-0.2, 0) is 11.2 Å². The van der Waals surface area contributed by atoms with E-state index in [0.717, 1.165) is 31.8 Å². The number of benzene rings is 1. The molecule has 128 valence electrons. The second-order valence-corrected chi connectivity index (χ2v) is 6.78. The number of carbonyl (C=O) groups is 1. The standard InChI is InChI=1S/C19H30N2O2/c1-5-16-8-6-7-9-19(16)23-11-10-21-12-17(14(2)3)18(13-21)20-15(4)22/h6-9,14,17-18H,5,10-13H2,1-4H3,(H,20,22)/t17-,18+/m0/s1. The molecule has 0 radical (unpaired) electrons. The summed E-state index contributed by atoms with van der Waals surface area (Å²) in [6.07, 6.45) is 0.986. The molecule has 4 heteroatoms. The van der Waals surface area contributed by atoms with Crippen LogP contribution in [0.4, 0.5) is 0 Å². The number of nitrogens with zero attached hydrogens (tertiary/aromatic N) is 1. The summed E-state index contributed by atoms with van der Waals surface area (Å²) in [5.74, 6) is 2.14. The number of carbonyl (C=O) groups excluding carboxylic acids is 1. The third-order valence-corrected chi connectivity index (χ3v) is 4.70. The number of nitrogens with one attached hydrogen (secondary N) is 1. The van der Waals surface area contributed by atoms with Crippen LogP contribution in [0.2, 0.25) is 0 Å². The number of likely N-dealkylation sites (tertiary alicyclic amines) is 1. The first kappa shape index (κ1) is 17.8. The molecule has 1 aromatic carbocycles. The number of ether oxygens (including phenoxy) is 1. The Morgan fingerprint density at radius 3 is 2.74 bits per heavy atom. The molecule has 0 bridgehead atoms. The second-order valence-electron chi connectivity index (χ2n) is 6.78. The van der Waals surface area contributed by atoms with Crippen LogP contribution in [0.3, 0.4) is 0 Å². The number of hydrogen-bond acceptors (Lipinski definition) is 3. The zero-order chi connectivity index (χ0) is 16.8. The Labute approximate surface area is 140 Å². The molecule has 1 aliphatic heterocycles. The lowest BCUT2D eigenvalue weighted by Crippen LogP contribution is -2.41. The van der Waals surface area contributed by atoms with E-state index >= 15 is 0 Å². The van der Waals surface area contributed by atoms with Gasteiger partial charge in [-0.2, -0.15) is 0 Å². The third kappa shape index (κ3) is 4.96. The van der Waals surface area contributed by atoms with Crippen LogP contribution in [0.15, 0.2) is 24.3 Å². The highest BCUT2D eigenvalue weighted by Crippen LogP contribution is 2.24. The molecular formula is C19H30N2O2. The average Bonchev–Trinajstić information content (AvgIpc) is 2.90. The molecule has 23 heavy (non-hydrogen) atoms. The Kier molecular flexibility index (Phi) is 6.46. The smallest absolute Gasteiger partial charge is 0.217 e. The maximum absolute atomic E-state index is 11.4. The maximum atomic E-state index is 11.4. The summed E-state index contributed by atoms with van der Waals surface area (Å²) in [6, 6.07) is 8.49. The predicted octanol–water partition coefficient (Wildman–Crippen LogP) is 2.72. The molecule has 1 N–H and O–H groups in total. The summed E-state index contributed by atoms with van der Waals surface area (Å²) < 4.78 is 5.97. The lowest BCUT2D eigenvalue weighted by atomic mass is 9.91. The summed E-state index contributed by atoms with van der Waals surface area (Å²) in [4.78, 5) is 13.8. The van der Waals surface area contributed by atoms with E-state index in [9.17, 15) is 4.79 Å². The number of rotatable bonds is 7. The van der Waals surface area contributed by atoms with E-state index in [1.165, 1.54) is 5.56 Å². The number of hydrogen-bond donors (Lipinski definition) is 1. The minimum Gasteiger partial charge on any atom is -0.492 e. The van der Waals surface area contributed by atoms with Crippen molar-refractivity contribution in [3.05, 3.63) is 29.8 Å². The lowest BCUT2D eigenvalue weighted by Gasteiger charge is -2.22. The van der Waals surface area contributed by atoms with Crippen molar-refractivity contribution in [1.82, 2.24) is 10.2 Å². The number of para-hydroxylation sites is 1. The molecule has 0 unspecified atom stereocenters. The first-order chi connectivity index (χ1) is 11.0. The van der Waals surface area contributed by atoms with E-state index in [1.54, 1.807) is 6.92 Å². The third-order valence-electron chi connectivity index (χ3n) is 4.70. The monoisotopic (exact) mass is 318 g/mol. The van der Waals surface area contributed by atoms with Crippen molar-refractivity contribution in [2.45, 2.75) is 40.2 Å². The van der Waals surface area contributed by atoms with Gasteiger partial charge in [-0.3, -0.25) is 9.69 Å². The van der Waals surface area contributed by atoms with Gasteiger partial charge in [0, 0.05) is 32.6 Å². The van der Waals surface area contributed by atoms with E-state index in [2.05, 4.69) is 43.1 Å². The van der Waals surface area contributed by atoms with E-state index in [1.807, 2.05) is 12.1 Å². The number of aryl methyl sites for hydroxylation is 1. The van der Waals surface area contributed by atoms with Crippen LogP contribution in [0, 0.1) is 11.8 Å². The number of amides is 1. The zero-order valence-corrected chi connectivity index (χ0v) is 14.8. The van der Waals surface area contributed by atoms with Crippen molar-refractivity contribution in [1.29, 1.82) is 0 Å². The zero-order valence-electron chi connectivity index (χ0n) is 14.8. The normalized spacial score (nSPS) is 21.6. The molecule has 1 heterocycles. The second kappa shape index (κ2) is 8.34. The molecular weight excluding hydrogens is 288 g/mol. The van der Waals surface area contributed by atoms with E-state index in [4.69, 9.17) is 4.74 Å². The van der Waals surface area contributed by atoms with Crippen molar-refractivity contribution in [2.24, 2.45) is 11.8 Å². The van der Waals surface area contributed by atoms with Crippen LogP contribution in [0.1, 0.15) is 33.3 Å². The Morgan fingerprint density at radius 1 is 1.35 bits per heavy atom. The van der Waals surface area contributed by atoms with Gasteiger partial charge in [0.2, 0.25) is 5.91 Å². The van der Waals surface area contributed by atoms with E-state index in [0.29, 0.717) is 18.4 Å². The summed E-state index contributed by atoms with van der Waals surface area (Å²) in [5.41, 5.74) is 1.25. The van der Waals surface area contributed by atoms with Crippen molar-refractivity contribution in [2.75, 3.05) is 26.2 Å². The molecule has 1 aromatic rings.